The highest BCUT2D eigenvalue weighted by atomic mass is 16.7. The zero-order valence-electron chi connectivity index (χ0n) is 14.8. The van der Waals surface area contributed by atoms with Gasteiger partial charge in [0, 0.05) is 0 Å². The van der Waals surface area contributed by atoms with Gasteiger partial charge in [-0.2, -0.15) is 0 Å². The van der Waals surface area contributed by atoms with Gasteiger partial charge in [-0.15, -0.1) is 0 Å². The highest BCUT2D eigenvalue weighted by Crippen LogP contribution is 2.37. The van der Waals surface area contributed by atoms with Gasteiger partial charge >= 0.3 is 7.12 Å². The normalized spacial score (nSPS) is 25.0. The molecule has 3 rings (SSSR count). The molecule has 4 heteroatoms. The summed E-state index contributed by atoms with van der Waals surface area (Å²) in [5.74, 6) is 0.688. The fraction of sp³-hybridized carbons (Fsp3) is 0.684. The van der Waals surface area contributed by atoms with Crippen LogP contribution < -0.4 is 5.46 Å². The number of aliphatic hydroxyl groups excluding tert-OH is 1. The standard InChI is InChI=1S/C19H29BO3/c1-18(2)19(3,4)23-20(22-18)16-11-9-15(10-12-16)17(21)13-14-7-5-6-8-14/h9-12,14,17,21H,5-8,13H2,1-4H3. The van der Waals surface area contributed by atoms with E-state index in [4.69, 9.17) is 9.31 Å². The first kappa shape index (κ1) is 17.0. The van der Waals surface area contributed by atoms with E-state index in [1.807, 2.05) is 24.3 Å². The lowest BCUT2D eigenvalue weighted by Crippen LogP contribution is -2.41. The molecule has 1 N–H and O–H groups in total. The van der Waals surface area contributed by atoms with E-state index in [0.717, 1.165) is 17.4 Å². The van der Waals surface area contributed by atoms with Gasteiger partial charge in [-0.05, 0) is 51.1 Å². The Morgan fingerprint density at radius 3 is 2.09 bits per heavy atom. The fourth-order valence-corrected chi connectivity index (χ4v) is 3.55. The van der Waals surface area contributed by atoms with Crippen LogP contribution in [0.15, 0.2) is 24.3 Å². The highest BCUT2D eigenvalue weighted by Gasteiger charge is 2.51. The molecule has 1 aromatic carbocycles. The van der Waals surface area contributed by atoms with Crippen LogP contribution in [0.3, 0.4) is 0 Å². The molecule has 1 heterocycles. The third-order valence-electron chi connectivity index (χ3n) is 5.88. The van der Waals surface area contributed by atoms with Crippen molar-refractivity contribution in [2.45, 2.75) is 77.1 Å². The minimum absolute atomic E-state index is 0.321. The van der Waals surface area contributed by atoms with E-state index >= 15 is 0 Å². The molecular formula is C19H29BO3. The molecular weight excluding hydrogens is 287 g/mol. The van der Waals surface area contributed by atoms with E-state index in [9.17, 15) is 5.11 Å². The first-order valence-electron chi connectivity index (χ1n) is 8.92. The Morgan fingerprint density at radius 1 is 1.04 bits per heavy atom. The zero-order chi connectivity index (χ0) is 16.7. The van der Waals surface area contributed by atoms with Gasteiger partial charge in [0.15, 0.2) is 0 Å². The third kappa shape index (κ3) is 3.49. The number of hydrogen-bond donors (Lipinski definition) is 1. The van der Waals surface area contributed by atoms with Crippen molar-refractivity contribution >= 4 is 12.6 Å². The maximum atomic E-state index is 10.4. The molecule has 1 aliphatic carbocycles. The predicted octanol–water partition coefficient (Wildman–Crippen LogP) is 3.60. The molecule has 1 saturated heterocycles. The lowest BCUT2D eigenvalue weighted by atomic mass is 9.78. The van der Waals surface area contributed by atoms with E-state index in [-0.39, 0.29) is 24.4 Å². The van der Waals surface area contributed by atoms with Gasteiger partial charge in [0.25, 0.3) is 0 Å². The SMILES string of the molecule is CC1(C)OB(c2ccc(C(O)CC3CCCC3)cc2)OC1(C)C. The van der Waals surface area contributed by atoms with Crippen LogP contribution in [0.4, 0.5) is 0 Å². The lowest BCUT2D eigenvalue weighted by molar-refractivity contribution is 0.00578. The van der Waals surface area contributed by atoms with E-state index < -0.39 is 0 Å². The van der Waals surface area contributed by atoms with Gasteiger partial charge in [0.05, 0.1) is 17.3 Å². The largest absolute Gasteiger partial charge is 0.494 e. The highest BCUT2D eigenvalue weighted by molar-refractivity contribution is 6.62. The maximum absolute atomic E-state index is 10.4. The molecule has 1 aromatic rings. The van der Waals surface area contributed by atoms with Crippen molar-refractivity contribution in [1.82, 2.24) is 0 Å². The van der Waals surface area contributed by atoms with Gasteiger partial charge in [-0.25, -0.2) is 0 Å². The zero-order valence-corrected chi connectivity index (χ0v) is 14.8. The molecule has 1 saturated carbocycles. The summed E-state index contributed by atoms with van der Waals surface area (Å²) >= 11 is 0. The summed E-state index contributed by atoms with van der Waals surface area (Å²) in [6.07, 6.45) is 5.70. The monoisotopic (exact) mass is 316 g/mol. The van der Waals surface area contributed by atoms with Crippen molar-refractivity contribution in [3.05, 3.63) is 29.8 Å². The van der Waals surface area contributed by atoms with Gasteiger partial charge in [0.1, 0.15) is 0 Å². The Labute approximate surface area is 140 Å². The molecule has 0 bridgehead atoms. The van der Waals surface area contributed by atoms with Crippen LogP contribution in [0.1, 0.15) is 71.5 Å². The van der Waals surface area contributed by atoms with Gasteiger partial charge in [-0.3, -0.25) is 0 Å². The summed E-state index contributed by atoms with van der Waals surface area (Å²) in [6.45, 7) is 8.25. The Morgan fingerprint density at radius 2 is 1.57 bits per heavy atom. The summed E-state index contributed by atoms with van der Waals surface area (Å²) in [4.78, 5) is 0. The Kier molecular flexibility index (Phi) is 4.61. The third-order valence-corrected chi connectivity index (χ3v) is 5.88. The summed E-state index contributed by atoms with van der Waals surface area (Å²) in [6, 6.07) is 8.07. The molecule has 2 fully saturated rings. The maximum Gasteiger partial charge on any atom is 0.494 e. The smallest absolute Gasteiger partial charge is 0.399 e. The quantitative estimate of drug-likeness (QED) is 0.863. The topological polar surface area (TPSA) is 38.7 Å². The van der Waals surface area contributed by atoms with E-state index in [1.54, 1.807) is 0 Å². The van der Waals surface area contributed by atoms with E-state index in [1.165, 1.54) is 25.7 Å². The van der Waals surface area contributed by atoms with Crippen LogP contribution in [0, 0.1) is 5.92 Å². The van der Waals surface area contributed by atoms with Crippen LogP contribution >= 0.6 is 0 Å². The van der Waals surface area contributed by atoms with E-state index in [0.29, 0.717) is 5.92 Å². The van der Waals surface area contributed by atoms with Gasteiger partial charge < -0.3 is 14.4 Å². The molecule has 126 valence electrons. The Hall–Kier alpha value is -0.835. The molecule has 3 nitrogen and oxygen atoms in total. The summed E-state index contributed by atoms with van der Waals surface area (Å²) < 4.78 is 12.1. The average molecular weight is 316 g/mol. The summed E-state index contributed by atoms with van der Waals surface area (Å²) in [5.41, 5.74) is 1.37. The van der Waals surface area contributed by atoms with Crippen LogP contribution in [-0.4, -0.2) is 23.4 Å². The van der Waals surface area contributed by atoms with Gasteiger partial charge in [-0.1, -0.05) is 49.9 Å². The summed E-state index contributed by atoms with van der Waals surface area (Å²) in [7, 11) is -0.332. The lowest BCUT2D eigenvalue weighted by Gasteiger charge is -2.32. The molecule has 2 aliphatic rings. The van der Waals surface area contributed by atoms with Crippen molar-refractivity contribution in [2.24, 2.45) is 5.92 Å². The average Bonchev–Trinajstić information content (AvgIpc) is 3.05. The molecule has 0 radical (unpaired) electrons. The van der Waals surface area contributed by atoms with Crippen molar-refractivity contribution in [3.63, 3.8) is 0 Å². The number of benzene rings is 1. The molecule has 0 amide bonds. The number of aliphatic hydroxyl groups is 1. The molecule has 1 aliphatic heterocycles. The first-order chi connectivity index (χ1) is 10.8. The van der Waals surface area contributed by atoms with Crippen molar-refractivity contribution in [2.75, 3.05) is 0 Å². The van der Waals surface area contributed by atoms with Crippen molar-refractivity contribution in [1.29, 1.82) is 0 Å². The Balaban J connectivity index is 1.65. The predicted molar refractivity (Wildman–Crippen MR) is 93.7 cm³/mol. The summed E-state index contributed by atoms with van der Waals surface area (Å²) in [5, 5.41) is 10.4. The Bertz CT molecular complexity index is 516. The fourth-order valence-electron chi connectivity index (χ4n) is 3.55. The molecule has 1 unspecified atom stereocenters. The second-order valence-corrected chi connectivity index (χ2v) is 8.16. The number of hydrogen-bond acceptors (Lipinski definition) is 3. The second kappa shape index (κ2) is 6.23. The minimum Gasteiger partial charge on any atom is -0.399 e. The van der Waals surface area contributed by atoms with Gasteiger partial charge in [0.2, 0.25) is 0 Å². The number of rotatable bonds is 4. The molecule has 1 atom stereocenters. The van der Waals surface area contributed by atoms with Crippen LogP contribution in [-0.2, 0) is 9.31 Å². The van der Waals surface area contributed by atoms with Crippen LogP contribution in [0.2, 0.25) is 0 Å². The van der Waals surface area contributed by atoms with E-state index in [2.05, 4.69) is 27.7 Å². The van der Waals surface area contributed by atoms with Crippen LogP contribution in [0.5, 0.6) is 0 Å². The van der Waals surface area contributed by atoms with Crippen LogP contribution in [0.25, 0.3) is 0 Å². The molecule has 23 heavy (non-hydrogen) atoms. The molecule has 0 spiro atoms. The van der Waals surface area contributed by atoms with Crippen molar-refractivity contribution < 1.29 is 14.4 Å². The molecule has 0 aromatic heterocycles. The van der Waals surface area contributed by atoms with Crippen molar-refractivity contribution in [3.8, 4) is 0 Å². The second-order valence-electron chi connectivity index (χ2n) is 8.16. The minimum atomic E-state index is -0.356. The first-order valence-corrected chi connectivity index (χ1v) is 8.92.